The highest BCUT2D eigenvalue weighted by Crippen LogP contribution is 2.08. The molecule has 2 rings (SSSR count). The van der Waals surface area contributed by atoms with Crippen LogP contribution in [0.25, 0.3) is 0 Å². The number of hydrogen-bond acceptors (Lipinski definition) is 5. The van der Waals surface area contributed by atoms with Gasteiger partial charge in [0.15, 0.2) is 6.04 Å². The molecule has 0 aliphatic rings. The maximum absolute atomic E-state index is 13.1. The third-order valence-electron chi connectivity index (χ3n) is 4.82. The lowest BCUT2D eigenvalue weighted by Gasteiger charge is -2.23. The molecule has 3 amide bonds. The second-order valence-electron chi connectivity index (χ2n) is 7.39. The number of benzene rings is 2. The van der Waals surface area contributed by atoms with Gasteiger partial charge in [-0.05, 0) is 11.1 Å². The molecule has 0 aliphatic heterocycles. The number of nitrogens with one attached hydrogen (secondary N) is 2. The molecule has 2 aromatic carbocycles. The number of ether oxygens (including phenoxy) is 1. The summed E-state index contributed by atoms with van der Waals surface area (Å²) >= 11 is 0. The fourth-order valence-corrected chi connectivity index (χ4v) is 3.14. The van der Waals surface area contributed by atoms with Crippen LogP contribution in [0.3, 0.4) is 0 Å². The zero-order valence-electron chi connectivity index (χ0n) is 18.0. The summed E-state index contributed by atoms with van der Waals surface area (Å²) in [4.78, 5) is 49.0. The fourth-order valence-electron chi connectivity index (χ4n) is 3.14. The maximum atomic E-state index is 13.1. The molecule has 0 fully saturated rings. The first-order chi connectivity index (χ1) is 15.3. The standard InChI is InChI=1S/C23H28N4O5/c1-32-23(31)19(13-16-10-6-3-7-11-16)27-22(30)18(12-15-8-4-2-5-9-15)26-21(29)17(24)14-20(25)28/h2-11,17-19H,12-14,24H2,1H3,(H2,25,28)(H,26,29)(H,27,30)/p+1/t17-,18-,19+/m1/s1. The molecule has 3 atom stereocenters. The Kier molecular flexibility index (Phi) is 9.37. The Balaban J connectivity index is 2.19. The molecule has 170 valence electrons. The molecule has 7 N–H and O–H groups in total. The Bertz CT molecular complexity index is 920. The van der Waals surface area contributed by atoms with Crippen molar-refractivity contribution in [3.05, 3.63) is 71.8 Å². The lowest BCUT2D eigenvalue weighted by atomic mass is 10.0. The van der Waals surface area contributed by atoms with E-state index in [-0.39, 0.29) is 19.3 Å². The maximum Gasteiger partial charge on any atom is 0.328 e. The predicted molar refractivity (Wildman–Crippen MR) is 117 cm³/mol. The third-order valence-corrected chi connectivity index (χ3v) is 4.82. The van der Waals surface area contributed by atoms with Crippen LogP contribution in [0.2, 0.25) is 0 Å². The van der Waals surface area contributed by atoms with E-state index in [9.17, 15) is 19.2 Å². The van der Waals surface area contributed by atoms with Gasteiger partial charge in [-0.1, -0.05) is 60.7 Å². The Labute approximate surface area is 186 Å². The van der Waals surface area contributed by atoms with E-state index in [0.717, 1.165) is 11.1 Å². The third kappa shape index (κ3) is 7.84. The van der Waals surface area contributed by atoms with E-state index in [4.69, 9.17) is 10.5 Å². The van der Waals surface area contributed by atoms with Gasteiger partial charge in [-0.15, -0.1) is 0 Å². The predicted octanol–water partition coefficient (Wildman–Crippen LogP) is -0.900. The van der Waals surface area contributed by atoms with Gasteiger partial charge < -0.3 is 26.8 Å². The van der Waals surface area contributed by atoms with E-state index >= 15 is 0 Å². The average Bonchev–Trinajstić information content (AvgIpc) is 2.78. The van der Waals surface area contributed by atoms with Gasteiger partial charge in [-0.3, -0.25) is 14.4 Å². The van der Waals surface area contributed by atoms with Crippen molar-refractivity contribution in [3.8, 4) is 0 Å². The lowest BCUT2D eigenvalue weighted by Crippen LogP contribution is -2.70. The first-order valence-electron chi connectivity index (χ1n) is 10.2. The highest BCUT2D eigenvalue weighted by Gasteiger charge is 2.30. The zero-order chi connectivity index (χ0) is 23.5. The van der Waals surface area contributed by atoms with Gasteiger partial charge in [-0.25, -0.2) is 4.79 Å². The molecule has 32 heavy (non-hydrogen) atoms. The summed E-state index contributed by atoms with van der Waals surface area (Å²) in [5.41, 5.74) is 10.4. The summed E-state index contributed by atoms with van der Waals surface area (Å²) in [6.45, 7) is 0. The van der Waals surface area contributed by atoms with Crippen LogP contribution in [0.4, 0.5) is 0 Å². The first kappa shape index (κ1) is 24.5. The Morgan fingerprint density at radius 3 is 1.78 bits per heavy atom. The highest BCUT2D eigenvalue weighted by atomic mass is 16.5. The summed E-state index contributed by atoms with van der Waals surface area (Å²) in [5, 5.41) is 5.30. The van der Waals surface area contributed by atoms with Crippen LogP contribution in [0.5, 0.6) is 0 Å². The van der Waals surface area contributed by atoms with Crippen LogP contribution >= 0.6 is 0 Å². The van der Waals surface area contributed by atoms with Crippen LogP contribution < -0.4 is 22.1 Å². The minimum Gasteiger partial charge on any atom is -0.467 e. The topological polar surface area (TPSA) is 155 Å². The number of methoxy groups -OCH3 is 1. The monoisotopic (exact) mass is 441 g/mol. The fraction of sp³-hybridized carbons (Fsp3) is 0.304. The number of carbonyl (C=O) groups is 4. The van der Waals surface area contributed by atoms with Gasteiger partial charge in [0.05, 0.1) is 13.5 Å². The van der Waals surface area contributed by atoms with Gasteiger partial charge in [0, 0.05) is 12.8 Å². The van der Waals surface area contributed by atoms with Crippen molar-refractivity contribution in [1.82, 2.24) is 10.6 Å². The lowest BCUT2D eigenvalue weighted by molar-refractivity contribution is -0.402. The van der Waals surface area contributed by atoms with Gasteiger partial charge in [-0.2, -0.15) is 0 Å². The van der Waals surface area contributed by atoms with Crippen LogP contribution in [0.1, 0.15) is 17.5 Å². The van der Waals surface area contributed by atoms with Crippen LogP contribution in [0.15, 0.2) is 60.7 Å². The second kappa shape index (κ2) is 12.2. The van der Waals surface area contributed by atoms with Crippen molar-refractivity contribution >= 4 is 23.7 Å². The van der Waals surface area contributed by atoms with Gasteiger partial charge in [0.1, 0.15) is 12.1 Å². The minimum atomic E-state index is -0.995. The Hall–Kier alpha value is -3.72. The average molecular weight is 442 g/mol. The number of primary amides is 1. The summed E-state index contributed by atoms with van der Waals surface area (Å²) in [6.07, 6.45) is 0.163. The molecular formula is C23H29N4O5+. The summed E-state index contributed by atoms with van der Waals surface area (Å²) in [6, 6.07) is 15.4. The van der Waals surface area contributed by atoms with Crippen molar-refractivity contribution in [3.63, 3.8) is 0 Å². The van der Waals surface area contributed by atoms with Crippen molar-refractivity contribution in [2.75, 3.05) is 7.11 Å². The molecule has 0 saturated carbocycles. The van der Waals surface area contributed by atoms with Crippen molar-refractivity contribution in [2.24, 2.45) is 5.73 Å². The summed E-state index contributed by atoms with van der Waals surface area (Å²) in [5.74, 6) is -2.41. The largest absolute Gasteiger partial charge is 0.467 e. The van der Waals surface area contributed by atoms with E-state index in [1.54, 1.807) is 0 Å². The van der Waals surface area contributed by atoms with Gasteiger partial charge in [0.25, 0.3) is 5.91 Å². The normalized spacial score (nSPS) is 13.3. The van der Waals surface area contributed by atoms with Crippen molar-refractivity contribution in [2.45, 2.75) is 37.4 Å². The number of nitrogens with two attached hydrogens (primary N) is 1. The molecular weight excluding hydrogens is 412 g/mol. The quantitative estimate of drug-likeness (QED) is 0.333. The van der Waals surface area contributed by atoms with E-state index in [0.29, 0.717) is 0 Å². The van der Waals surface area contributed by atoms with E-state index < -0.39 is 41.8 Å². The highest BCUT2D eigenvalue weighted by molar-refractivity contribution is 5.93. The number of hydrogen-bond donors (Lipinski definition) is 4. The molecule has 0 aromatic heterocycles. The van der Waals surface area contributed by atoms with Crippen LogP contribution in [-0.4, -0.2) is 48.9 Å². The summed E-state index contributed by atoms with van der Waals surface area (Å²) < 4.78 is 4.84. The Morgan fingerprint density at radius 2 is 1.31 bits per heavy atom. The molecule has 0 heterocycles. The van der Waals surface area contributed by atoms with Crippen LogP contribution in [0, 0.1) is 0 Å². The van der Waals surface area contributed by atoms with E-state index in [1.165, 1.54) is 7.11 Å². The molecule has 9 nitrogen and oxygen atoms in total. The molecule has 0 aliphatic carbocycles. The molecule has 0 bridgehead atoms. The zero-order valence-corrected chi connectivity index (χ0v) is 18.0. The number of esters is 1. The van der Waals surface area contributed by atoms with Crippen molar-refractivity contribution in [1.29, 1.82) is 0 Å². The molecule has 0 unspecified atom stereocenters. The second-order valence-corrected chi connectivity index (χ2v) is 7.39. The van der Waals surface area contributed by atoms with E-state index in [1.807, 2.05) is 60.7 Å². The molecule has 2 aromatic rings. The Morgan fingerprint density at radius 1 is 0.844 bits per heavy atom. The number of quaternary nitrogens is 1. The first-order valence-corrected chi connectivity index (χ1v) is 10.2. The minimum absolute atomic E-state index is 0.181. The smallest absolute Gasteiger partial charge is 0.328 e. The SMILES string of the molecule is COC(=O)[C@H](Cc1ccccc1)NC(=O)[C@@H](Cc1ccccc1)NC(=O)[C@H]([NH3+])CC(N)=O. The molecule has 0 saturated heterocycles. The summed E-state index contributed by atoms with van der Waals surface area (Å²) in [7, 11) is 1.24. The molecule has 0 spiro atoms. The van der Waals surface area contributed by atoms with Gasteiger partial charge >= 0.3 is 5.97 Å². The number of amides is 3. The van der Waals surface area contributed by atoms with Crippen molar-refractivity contribution < 1.29 is 29.6 Å². The number of carbonyl (C=O) groups excluding carboxylic acids is 4. The van der Waals surface area contributed by atoms with Crippen LogP contribution in [-0.2, 0) is 36.8 Å². The number of rotatable bonds is 11. The molecule has 9 heteroatoms. The van der Waals surface area contributed by atoms with E-state index in [2.05, 4.69) is 16.4 Å². The van der Waals surface area contributed by atoms with Gasteiger partial charge in [0.2, 0.25) is 11.8 Å². The molecule has 0 radical (unpaired) electrons.